The molecule has 1 heterocycles. The normalized spacial score (nSPS) is 20.8. The molecule has 1 aromatic rings. The van der Waals surface area contributed by atoms with Gasteiger partial charge in [0.1, 0.15) is 0 Å². The van der Waals surface area contributed by atoms with Gasteiger partial charge in [-0.2, -0.15) is 0 Å². The van der Waals surface area contributed by atoms with E-state index in [2.05, 4.69) is 5.32 Å². The molecule has 0 spiro atoms. The molecule has 164 valence electrons. The molecular formula is C21H30N4O5. The molecule has 30 heavy (non-hydrogen) atoms. The summed E-state index contributed by atoms with van der Waals surface area (Å²) in [5.41, 5.74) is 7.13. The minimum Gasteiger partial charge on any atom is -0.475 e. The number of amides is 2. The van der Waals surface area contributed by atoms with Crippen molar-refractivity contribution in [2.24, 2.45) is 5.73 Å². The smallest absolute Gasteiger partial charge is 0.370 e. The molecule has 3 atom stereocenters. The lowest BCUT2D eigenvalue weighted by Crippen LogP contribution is -2.61. The fourth-order valence-corrected chi connectivity index (χ4v) is 3.20. The van der Waals surface area contributed by atoms with Gasteiger partial charge in [-0.3, -0.25) is 9.59 Å². The number of benzene rings is 1. The molecule has 1 aliphatic rings. The van der Waals surface area contributed by atoms with Crippen LogP contribution in [0.3, 0.4) is 0 Å². The highest BCUT2D eigenvalue weighted by Gasteiger charge is 2.42. The number of carbonyl (C=O) groups excluding carboxylic acids is 2. The van der Waals surface area contributed by atoms with Gasteiger partial charge in [-0.05, 0) is 32.2 Å². The highest BCUT2D eigenvalue weighted by molar-refractivity contribution is 5.88. The minimum absolute atomic E-state index is 0.381. The lowest BCUT2D eigenvalue weighted by molar-refractivity contribution is -0.149. The molecule has 0 aromatic heterocycles. The topological polar surface area (TPSA) is 125 Å². The summed E-state index contributed by atoms with van der Waals surface area (Å²) in [6, 6.07) is 8.01. The van der Waals surface area contributed by atoms with Crippen molar-refractivity contribution in [3.05, 3.63) is 47.7 Å². The Morgan fingerprint density at radius 2 is 1.80 bits per heavy atom. The SMILES string of the molecule is CC(=O)N[C@@H]1[C@@H](N)C=C(C(=O)O)O[C@H]1C(=O)N(CCc1ccccc1)CCN(C)C. The third-order valence-corrected chi connectivity index (χ3v) is 4.80. The number of hydrogen-bond acceptors (Lipinski definition) is 6. The molecule has 0 fully saturated rings. The summed E-state index contributed by atoms with van der Waals surface area (Å²) in [6.45, 7) is 2.77. The molecule has 0 saturated carbocycles. The second-order valence-corrected chi connectivity index (χ2v) is 7.54. The molecule has 2 rings (SSSR count). The second kappa shape index (κ2) is 10.7. The summed E-state index contributed by atoms with van der Waals surface area (Å²) >= 11 is 0. The van der Waals surface area contributed by atoms with Crippen molar-refractivity contribution in [2.45, 2.75) is 31.5 Å². The van der Waals surface area contributed by atoms with Gasteiger partial charge in [0.25, 0.3) is 5.91 Å². The van der Waals surface area contributed by atoms with Crippen LogP contribution in [0.2, 0.25) is 0 Å². The van der Waals surface area contributed by atoms with Gasteiger partial charge < -0.3 is 30.7 Å². The molecule has 9 nitrogen and oxygen atoms in total. The van der Waals surface area contributed by atoms with Gasteiger partial charge in [0.15, 0.2) is 6.10 Å². The zero-order valence-corrected chi connectivity index (χ0v) is 17.6. The van der Waals surface area contributed by atoms with Crippen LogP contribution in [0.4, 0.5) is 0 Å². The third kappa shape index (κ3) is 6.57. The van der Waals surface area contributed by atoms with E-state index < -0.39 is 35.8 Å². The Labute approximate surface area is 176 Å². The highest BCUT2D eigenvalue weighted by atomic mass is 16.5. The second-order valence-electron chi connectivity index (χ2n) is 7.54. The molecule has 1 aliphatic heterocycles. The van der Waals surface area contributed by atoms with Gasteiger partial charge in [0.05, 0.1) is 12.1 Å². The average Bonchev–Trinajstić information content (AvgIpc) is 2.69. The fourth-order valence-electron chi connectivity index (χ4n) is 3.20. The summed E-state index contributed by atoms with van der Waals surface area (Å²) < 4.78 is 5.50. The molecule has 1 aromatic carbocycles. The fraction of sp³-hybridized carbons (Fsp3) is 0.476. The van der Waals surface area contributed by atoms with E-state index in [-0.39, 0.29) is 5.91 Å². The number of nitrogens with one attached hydrogen (secondary N) is 1. The van der Waals surface area contributed by atoms with Crippen LogP contribution in [0.5, 0.6) is 0 Å². The van der Waals surface area contributed by atoms with Crippen molar-refractivity contribution < 1.29 is 24.2 Å². The molecule has 0 aliphatic carbocycles. The van der Waals surface area contributed by atoms with Crippen LogP contribution in [-0.4, -0.2) is 84.6 Å². The molecule has 2 amide bonds. The summed E-state index contributed by atoms with van der Waals surface area (Å²) in [6.07, 6.45) is 0.615. The lowest BCUT2D eigenvalue weighted by Gasteiger charge is -2.37. The Bertz CT molecular complexity index is 781. The summed E-state index contributed by atoms with van der Waals surface area (Å²) in [7, 11) is 3.80. The van der Waals surface area contributed by atoms with Crippen LogP contribution in [0.1, 0.15) is 12.5 Å². The van der Waals surface area contributed by atoms with Gasteiger partial charge in [-0.15, -0.1) is 0 Å². The van der Waals surface area contributed by atoms with Crippen molar-refractivity contribution >= 4 is 17.8 Å². The van der Waals surface area contributed by atoms with E-state index in [4.69, 9.17) is 10.5 Å². The Morgan fingerprint density at radius 1 is 1.13 bits per heavy atom. The number of ether oxygens (including phenoxy) is 1. The first kappa shape index (κ1) is 23.4. The highest BCUT2D eigenvalue weighted by Crippen LogP contribution is 2.20. The molecule has 0 saturated heterocycles. The van der Waals surface area contributed by atoms with E-state index in [1.807, 2.05) is 49.3 Å². The third-order valence-electron chi connectivity index (χ3n) is 4.80. The van der Waals surface area contributed by atoms with E-state index in [1.165, 1.54) is 13.0 Å². The molecule has 0 unspecified atom stereocenters. The van der Waals surface area contributed by atoms with Crippen LogP contribution in [-0.2, 0) is 25.5 Å². The van der Waals surface area contributed by atoms with Gasteiger partial charge in [0, 0.05) is 26.6 Å². The van der Waals surface area contributed by atoms with E-state index >= 15 is 0 Å². The van der Waals surface area contributed by atoms with Crippen molar-refractivity contribution in [3.8, 4) is 0 Å². The number of carboxylic acid groups (broad SMARTS) is 1. The van der Waals surface area contributed by atoms with Crippen molar-refractivity contribution in [1.29, 1.82) is 0 Å². The molecule has 0 radical (unpaired) electrons. The zero-order chi connectivity index (χ0) is 22.3. The van der Waals surface area contributed by atoms with Gasteiger partial charge in [0.2, 0.25) is 11.7 Å². The standard InChI is InChI=1S/C21H30N4O5/c1-14(26)23-18-16(22)13-17(21(28)29)30-19(18)20(27)25(12-11-24(2)3)10-9-15-7-5-4-6-8-15/h4-8,13,16,18-19H,9-12,22H2,1-3H3,(H,23,26)(H,28,29)/t16-,18+,19+/m0/s1. The maximum atomic E-state index is 13.4. The number of nitrogens with zero attached hydrogens (tertiary/aromatic N) is 2. The first-order valence-corrected chi connectivity index (χ1v) is 9.81. The van der Waals surface area contributed by atoms with Crippen molar-refractivity contribution in [2.75, 3.05) is 33.7 Å². The zero-order valence-electron chi connectivity index (χ0n) is 17.6. The number of carbonyl (C=O) groups is 3. The van der Waals surface area contributed by atoms with Crippen LogP contribution in [0, 0.1) is 0 Å². The number of nitrogens with two attached hydrogens (primary N) is 1. The van der Waals surface area contributed by atoms with Crippen molar-refractivity contribution in [1.82, 2.24) is 15.1 Å². The number of hydrogen-bond donors (Lipinski definition) is 3. The Morgan fingerprint density at radius 3 is 2.37 bits per heavy atom. The first-order valence-electron chi connectivity index (χ1n) is 9.81. The summed E-state index contributed by atoms with van der Waals surface area (Å²) in [5, 5.41) is 12.0. The number of rotatable bonds is 9. The molecular weight excluding hydrogens is 388 g/mol. The summed E-state index contributed by atoms with van der Waals surface area (Å²) in [4.78, 5) is 40.0. The van der Waals surface area contributed by atoms with E-state index in [0.29, 0.717) is 26.1 Å². The Balaban J connectivity index is 2.25. The van der Waals surface area contributed by atoms with E-state index in [1.54, 1.807) is 4.90 Å². The molecule has 4 N–H and O–H groups in total. The molecule has 0 bridgehead atoms. The van der Waals surface area contributed by atoms with E-state index in [0.717, 1.165) is 5.56 Å². The predicted octanol–water partition coefficient (Wildman–Crippen LogP) is -0.181. The van der Waals surface area contributed by atoms with Crippen LogP contribution < -0.4 is 11.1 Å². The monoisotopic (exact) mass is 418 g/mol. The number of likely N-dealkylation sites (N-methyl/N-ethyl adjacent to an activating group) is 1. The van der Waals surface area contributed by atoms with Gasteiger partial charge in [-0.25, -0.2) is 4.79 Å². The summed E-state index contributed by atoms with van der Waals surface area (Å²) in [5.74, 6) is -2.49. The first-order chi connectivity index (χ1) is 14.2. The predicted molar refractivity (Wildman–Crippen MR) is 111 cm³/mol. The quantitative estimate of drug-likeness (QED) is 0.508. The Hall–Kier alpha value is -2.91. The van der Waals surface area contributed by atoms with Crippen LogP contribution in [0.15, 0.2) is 42.2 Å². The molecule has 9 heteroatoms. The maximum Gasteiger partial charge on any atom is 0.370 e. The van der Waals surface area contributed by atoms with Gasteiger partial charge in [-0.1, -0.05) is 30.3 Å². The Kier molecular flexibility index (Phi) is 8.37. The lowest BCUT2D eigenvalue weighted by atomic mass is 9.97. The average molecular weight is 418 g/mol. The van der Waals surface area contributed by atoms with Gasteiger partial charge >= 0.3 is 5.97 Å². The van der Waals surface area contributed by atoms with Crippen LogP contribution >= 0.6 is 0 Å². The van der Waals surface area contributed by atoms with Crippen LogP contribution in [0.25, 0.3) is 0 Å². The minimum atomic E-state index is -1.31. The largest absolute Gasteiger partial charge is 0.475 e. The van der Waals surface area contributed by atoms with E-state index in [9.17, 15) is 19.5 Å². The van der Waals surface area contributed by atoms with Crippen molar-refractivity contribution in [3.63, 3.8) is 0 Å². The number of aliphatic carboxylic acids is 1. The maximum absolute atomic E-state index is 13.4. The number of carboxylic acids is 1.